The molecule has 1 aromatic carbocycles. The van der Waals surface area contributed by atoms with E-state index in [0.717, 1.165) is 5.56 Å². The van der Waals surface area contributed by atoms with Crippen LogP contribution in [0.4, 0.5) is 0 Å². The molecule has 119 valence electrons. The lowest BCUT2D eigenvalue weighted by atomic mass is 10.2. The van der Waals surface area contributed by atoms with Gasteiger partial charge in [0.15, 0.2) is 0 Å². The molecule has 1 rings (SSSR count). The van der Waals surface area contributed by atoms with Crippen molar-refractivity contribution in [3.05, 3.63) is 30.7 Å². The SMILES string of the molecule is [CH2]c1cc(SCCCCCC)cc(SCCCCCC)c1. The molecule has 0 heterocycles. The molecule has 0 spiro atoms. The first-order chi connectivity index (χ1) is 10.3. The van der Waals surface area contributed by atoms with E-state index in [0.29, 0.717) is 0 Å². The second-order valence-corrected chi connectivity index (χ2v) is 7.97. The van der Waals surface area contributed by atoms with E-state index in [1.165, 1.54) is 72.7 Å². The molecule has 0 fully saturated rings. The van der Waals surface area contributed by atoms with Gasteiger partial charge in [0.2, 0.25) is 0 Å². The van der Waals surface area contributed by atoms with E-state index in [-0.39, 0.29) is 0 Å². The van der Waals surface area contributed by atoms with Crippen LogP contribution < -0.4 is 0 Å². The zero-order chi connectivity index (χ0) is 15.3. The molecule has 0 unspecified atom stereocenters. The lowest BCUT2D eigenvalue weighted by molar-refractivity contribution is 0.706. The Labute approximate surface area is 140 Å². The molecule has 2 heteroatoms. The van der Waals surface area contributed by atoms with Gasteiger partial charge in [0, 0.05) is 9.79 Å². The quantitative estimate of drug-likeness (QED) is 0.294. The predicted molar refractivity (Wildman–Crippen MR) is 101 cm³/mol. The standard InChI is InChI=1S/C19H31S2/c1-4-6-8-10-12-20-18-14-17(3)15-19(16-18)21-13-11-9-7-5-2/h14-16H,3-13H2,1-2H3. The van der Waals surface area contributed by atoms with Crippen LogP contribution in [0.5, 0.6) is 0 Å². The molecule has 0 N–H and O–H groups in total. The van der Waals surface area contributed by atoms with Crippen LogP contribution in [0.15, 0.2) is 28.0 Å². The molecular weight excluding hydrogens is 292 g/mol. The first-order valence-electron chi connectivity index (χ1n) is 8.49. The number of unbranched alkanes of at least 4 members (excludes halogenated alkanes) is 6. The highest BCUT2D eigenvalue weighted by Crippen LogP contribution is 2.28. The Morgan fingerprint density at radius 3 is 1.62 bits per heavy atom. The highest BCUT2D eigenvalue weighted by Gasteiger charge is 2.01. The maximum Gasteiger partial charge on any atom is 0.00858 e. The molecule has 0 bridgehead atoms. The van der Waals surface area contributed by atoms with Gasteiger partial charge in [-0.05, 0) is 55.0 Å². The summed E-state index contributed by atoms with van der Waals surface area (Å²) in [5.74, 6) is 2.48. The van der Waals surface area contributed by atoms with E-state index in [4.69, 9.17) is 0 Å². The molecule has 1 radical (unpaired) electrons. The molecule has 0 aromatic heterocycles. The highest BCUT2D eigenvalue weighted by molar-refractivity contribution is 8.00. The Kier molecular flexibility index (Phi) is 11.3. The minimum absolute atomic E-state index is 1.16. The summed E-state index contributed by atoms with van der Waals surface area (Å²) in [4.78, 5) is 2.80. The Hall–Kier alpha value is -0.0800. The second kappa shape index (κ2) is 12.5. The fourth-order valence-electron chi connectivity index (χ4n) is 2.24. The first kappa shape index (κ1) is 19.0. The lowest BCUT2D eigenvalue weighted by Gasteiger charge is -2.07. The third kappa shape index (κ3) is 9.52. The molecule has 0 aliphatic heterocycles. The van der Waals surface area contributed by atoms with Crippen molar-refractivity contribution in [2.75, 3.05) is 11.5 Å². The van der Waals surface area contributed by atoms with Gasteiger partial charge in [0.05, 0.1) is 0 Å². The van der Waals surface area contributed by atoms with Crippen LogP contribution in [0.1, 0.15) is 70.8 Å². The van der Waals surface area contributed by atoms with Crippen molar-refractivity contribution < 1.29 is 0 Å². The average Bonchev–Trinajstić information content (AvgIpc) is 2.46. The minimum Gasteiger partial charge on any atom is -0.126 e. The number of rotatable bonds is 12. The van der Waals surface area contributed by atoms with Crippen LogP contribution >= 0.6 is 23.5 Å². The Morgan fingerprint density at radius 1 is 0.714 bits per heavy atom. The summed E-state index contributed by atoms with van der Waals surface area (Å²) < 4.78 is 0. The normalized spacial score (nSPS) is 11.0. The molecule has 0 amide bonds. The van der Waals surface area contributed by atoms with Crippen LogP contribution in [0.2, 0.25) is 0 Å². The number of benzene rings is 1. The van der Waals surface area contributed by atoms with Crippen molar-refractivity contribution in [1.82, 2.24) is 0 Å². The van der Waals surface area contributed by atoms with Crippen LogP contribution in [0.3, 0.4) is 0 Å². The summed E-state index contributed by atoms with van der Waals surface area (Å²) in [5, 5.41) is 0. The van der Waals surface area contributed by atoms with Gasteiger partial charge in [-0.15, -0.1) is 23.5 Å². The van der Waals surface area contributed by atoms with E-state index in [2.05, 4.69) is 39.0 Å². The molecule has 0 aliphatic rings. The maximum absolute atomic E-state index is 4.13. The van der Waals surface area contributed by atoms with Gasteiger partial charge in [0.25, 0.3) is 0 Å². The Bertz CT molecular complexity index is 342. The predicted octanol–water partition coefficient (Wildman–Crippen LogP) is 7.21. The van der Waals surface area contributed by atoms with Crippen LogP contribution in [0, 0.1) is 6.92 Å². The number of hydrogen-bond donors (Lipinski definition) is 0. The molecule has 0 saturated heterocycles. The summed E-state index contributed by atoms with van der Waals surface area (Å²) in [7, 11) is 0. The van der Waals surface area contributed by atoms with Crippen molar-refractivity contribution in [1.29, 1.82) is 0 Å². The van der Waals surface area contributed by atoms with Crippen LogP contribution in [-0.4, -0.2) is 11.5 Å². The molecule has 21 heavy (non-hydrogen) atoms. The van der Waals surface area contributed by atoms with E-state index in [9.17, 15) is 0 Å². The fourth-order valence-corrected chi connectivity index (χ4v) is 4.37. The van der Waals surface area contributed by atoms with Crippen molar-refractivity contribution in [3.63, 3.8) is 0 Å². The van der Waals surface area contributed by atoms with Gasteiger partial charge in [-0.25, -0.2) is 0 Å². The van der Waals surface area contributed by atoms with Gasteiger partial charge < -0.3 is 0 Å². The van der Waals surface area contributed by atoms with E-state index in [1.54, 1.807) is 0 Å². The topological polar surface area (TPSA) is 0 Å². The fraction of sp³-hybridized carbons (Fsp3) is 0.632. The zero-order valence-electron chi connectivity index (χ0n) is 13.8. The first-order valence-corrected chi connectivity index (χ1v) is 10.5. The number of hydrogen-bond acceptors (Lipinski definition) is 2. The molecule has 1 aromatic rings. The lowest BCUT2D eigenvalue weighted by Crippen LogP contribution is -1.85. The summed E-state index contributed by atoms with van der Waals surface area (Å²) in [6.07, 6.45) is 10.8. The van der Waals surface area contributed by atoms with Gasteiger partial charge in [-0.3, -0.25) is 0 Å². The van der Waals surface area contributed by atoms with Gasteiger partial charge >= 0.3 is 0 Å². The van der Waals surface area contributed by atoms with E-state index < -0.39 is 0 Å². The number of thioether (sulfide) groups is 2. The van der Waals surface area contributed by atoms with E-state index in [1.807, 2.05) is 23.5 Å². The Balaban J connectivity index is 2.32. The summed E-state index contributed by atoms with van der Waals surface area (Å²) in [6, 6.07) is 6.81. The monoisotopic (exact) mass is 323 g/mol. The van der Waals surface area contributed by atoms with Gasteiger partial charge in [-0.1, -0.05) is 52.4 Å². The summed E-state index contributed by atoms with van der Waals surface area (Å²) in [5.41, 5.74) is 1.16. The van der Waals surface area contributed by atoms with Crippen molar-refractivity contribution in [2.45, 2.75) is 75.0 Å². The zero-order valence-corrected chi connectivity index (χ0v) is 15.5. The van der Waals surface area contributed by atoms with Crippen molar-refractivity contribution in [3.8, 4) is 0 Å². The Morgan fingerprint density at radius 2 is 1.19 bits per heavy atom. The van der Waals surface area contributed by atoms with Crippen LogP contribution in [-0.2, 0) is 0 Å². The van der Waals surface area contributed by atoms with Gasteiger partial charge in [0.1, 0.15) is 0 Å². The molecule has 0 aliphatic carbocycles. The highest BCUT2D eigenvalue weighted by atomic mass is 32.2. The van der Waals surface area contributed by atoms with Crippen molar-refractivity contribution in [2.24, 2.45) is 0 Å². The largest absolute Gasteiger partial charge is 0.126 e. The van der Waals surface area contributed by atoms with Crippen LogP contribution in [0.25, 0.3) is 0 Å². The smallest absolute Gasteiger partial charge is 0.00858 e. The van der Waals surface area contributed by atoms with E-state index >= 15 is 0 Å². The molecule has 0 saturated carbocycles. The minimum atomic E-state index is 1.16. The summed E-state index contributed by atoms with van der Waals surface area (Å²) >= 11 is 3.99. The van der Waals surface area contributed by atoms with Crippen molar-refractivity contribution >= 4 is 23.5 Å². The molecule has 0 atom stereocenters. The third-order valence-corrected chi connectivity index (χ3v) is 5.60. The summed E-state index contributed by atoms with van der Waals surface area (Å²) in [6.45, 7) is 8.67. The molecule has 0 nitrogen and oxygen atoms in total. The maximum atomic E-state index is 4.13. The molecular formula is C19H31S2. The van der Waals surface area contributed by atoms with Gasteiger partial charge in [-0.2, -0.15) is 0 Å². The third-order valence-electron chi connectivity index (χ3n) is 3.47. The second-order valence-electron chi connectivity index (χ2n) is 5.63. The average molecular weight is 324 g/mol.